The number of thiocarbonyl (C=S) groups is 1. The van der Waals surface area contributed by atoms with Gasteiger partial charge in [-0.1, -0.05) is 30.4 Å². The van der Waals surface area contributed by atoms with Crippen LogP contribution in [0.15, 0.2) is 34.7 Å². The zero-order chi connectivity index (χ0) is 15.4. The minimum atomic E-state index is -0.240. The fourth-order valence-corrected chi connectivity index (χ4v) is 2.12. The monoisotopic (exact) mass is 303 g/mol. The first-order valence-electron chi connectivity index (χ1n) is 6.58. The van der Waals surface area contributed by atoms with Crippen molar-refractivity contribution in [1.82, 2.24) is 4.98 Å². The first-order chi connectivity index (χ1) is 9.99. The molecule has 5 nitrogen and oxygen atoms in total. The summed E-state index contributed by atoms with van der Waals surface area (Å²) in [5, 5.41) is 0. The molecule has 6 heteroatoms. The normalized spacial score (nSPS) is 10.4. The molecular weight excluding hydrogens is 286 g/mol. The van der Waals surface area contributed by atoms with Crippen LogP contribution in [0.4, 0.5) is 5.69 Å². The molecule has 0 radical (unpaired) electrons. The van der Waals surface area contributed by atoms with Gasteiger partial charge in [0.05, 0.1) is 10.7 Å². The lowest BCUT2D eigenvalue weighted by Crippen LogP contribution is -2.34. The van der Waals surface area contributed by atoms with E-state index in [-0.39, 0.29) is 11.7 Å². The maximum atomic E-state index is 12.7. The van der Waals surface area contributed by atoms with Gasteiger partial charge in [-0.2, -0.15) is 0 Å². The van der Waals surface area contributed by atoms with Crippen LogP contribution in [0.25, 0.3) is 0 Å². The van der Waals surface area contributed by atoms with E-state index < -0.39 is 0 Å². The number of amides is 1. The Morgan fingerprint density at radius 2 is 2.00 bits per heavy atom. The van der Waals surface area contributed by atoms with Crippen molar-refractivity contribution in [2.75, 3.05) is 11.4 Å². The van der Waals surface area contributed by atoms with Crippen molar-refractivity contribution in [3.05, 3.63) is 47.7 Å². The second kappa shape index (κ2) is 6.49. The molecule has 110 valence electrons. The van der Waals surface area contributed by atoms with Crippen molar-refractivity contribution >= 4 is 28.8 Å². The van der Waals surface area contributed by atoms with Gasteiger partial charge < -0.3 is 15.1 Å². The van der Waals surface area contributed by atoms with Crippen LogP contribution in [-0.4, -0.2) is 22.4 Å². The molecule has 0 atom stereocenters. The van der Waals surface area contributed by atoms with Gasteiger partial charge >= 0.3 is 0 Å². The largest absolute Gasteiger partial charge is 0.436 e. The van der Waals surface area contributed by atoms with Crippen LogP contribution in [0.2, 0.25) is 0 Å². The molecule has 1 amide bonds. The fourth-order valence-electron chi connectivity index (χ4n) is 2.03. The Balaban J connectivity index is 2.32. The Labute approximate surface area is 128 Å². The number of nitrogens with zero attached hydrogens (tertiary/aromatic N) is 2. The molecule has 0 aliphatic heterocycles. The van der Waals surface area contributed by atoms with E-state index >= 15 is 0 Å². The van der Waals surface area contributed by atoms with Gasteiger partial charge in [-0.3, -0.25) is 4.79 Å². The quantitative estimate of drug-likeness (QED) is 0.860. The third kappa shape index (κ3) is 3.66. The number of carbonyl (C=O) groups excluding carboxylic acids is 1. The molecule has 1 heterocycles. The highest BCUT2D eigenvalue weighted by Gasteiger charge is 2.23. The van der Waals surface area contributed by atoms with Crippen LogP contribution in [0.1, 0.15) is 28.6 Å². The van der Waals surface area contributed by atoms with Crippen LogP contribution < -0.4 is 10.6 Å². The summed E-state index contributed by atoms with van der Waals surface area (Å²) >= 11 is 4.90. The summed E-state index contributed by atoms with van der Waals surface area (Å²) in [7, 11) is 0. The number of anilines is 1. The Bertz CT molecular complexity index is 652. The zero-order valence-corrected chi connectivity index (χ0v) is 12.8. The second-order valence-electron chi connectivity index (χ2n) is 4.66. The zero-order valence-electron chi connectivity index (χ0n) is 12.0. The molecule has 0 spiro atoms. The van der Waals surface area contributed by atoms with Gasteiger partial charge in [0.1, 0.15) is 0 Å². The third-order valence-electron chi connectivity index (χ3n) is 2.99. The highest BCUT2D eigenvalue weighted by atomic mass is 32.1. The van der Waals surface area contributed by atoms with Gasteiger partial charge in [-0.05, 0) is 19.1 Å². The van der Waals surface area contributed by atoms with Gasteiger partial charge in [-0.15, -0.1) is 0 Å². The van der Waals surface area contributed by atoms with Crippen LogP contribution in [0, 0.1) is 13.8 Å². The number of oxazole rings is 1. The van der Waals surface area contributed by atoms with Gasteiger partial charge in [-0.25, -0.2) is 4.98 Å². The van der Waals surface area contributed by atoms with Crippen LogP contribution in [-0.2, 0) is 0 Å². The number of rotatable bonds is 5. The number of benzene rings is 1. The third-order valence-corrected chi connectivity index (χ3v) is 3.20. The molecule has 2 aromatic rings. The molecule has 0 bridgehead atoms. The Kier molecular flexibility index (Phi) is 4.70. The predicted octanol–water partition coefficient (Wildman–Crippen LogP) is 2.61. The van der Waals surface area contributed by atoms with Crippen molar-refractivity contribution in [3.8, 4) is 0 Å². The highest BCUT2D eigenvalue weighted by Crippen LogP contribution is 2.19. The average Bonchev–Trinajstić information content (AvgIpc) is 2.78. The molecule has 1 aromatic heterocycles. The van der Waals surface area contributed by atoms with Crippen molar-refractivity contribution < 1.29 is 9.21 Å². The standard InChI is InChI=1S/C15H17N3O2S/c1-10-14(20-11(2)17-10)15(19)18(9-8-13(16)21)12-6-4-3-5-7-12/h3-7H,8-9H2,1-2H3,(H2,16,21). The summed E-state index contributed by atoms with van der Waals surface area (Å²) in [6.07, 6.45) is 0.447. The minimum absolute atomic E-state index is 0.240. The summed E-state index contributed by atoms with van der Waals surface area (Å²) in [5.41, 5.74) is 6.90. The van der Waals surface area contributed by atoms with E-state index in [9.17, 15) is 4.79 Å². The second-order valence-corrected chi connectivity index (χ2v) is 5.18. The number of carbonyl (C=O) groups is 1. The first-order valence-corrected chi connectivity index (χ1v) is 6.99. The lowest BCUT2D eigenvalue weighted by atomic mass is 10.2. The molecule has 1 aromatic carbocycles. The first kappa shape index (κ1) is 15.2. The predicted molar refractivity (Wildman–Crippen MR) is 85.5 cm³/mol. The lowest BCUT2D eigenvalue weighted by Gasteiger charge is -2.21. The Morgan fingerprint density at radius 3 is 2.52 bits per heavy atom. The molecule has 0 aliphatic rings. The number of aryl methyl sites for hydroxylation is 2. The summed E-state index contributed by atoms with van der Waals surface area (Å²) in [4.78, 5) is 18.8. The van der Waals surface area contributed by atoms with E-state index in [4.69, 9.17) is 22.4 Å². The Morgan fingerprint density at radius 1 is 1.33 bits per heavy atom. The lowest BCUT2D eigenvalue weighted by molar-refractivity contribution is 0.0959. The van der Waals surface area contributed by atoms with Crippen LogP contribution in [0.3, 0.4) is 0 Å². The topological polar surface area (TPSA) is 72.4 Å². The molecule has 0 fully saturated rings. The molecule has 2 rings (SSSR count). The molecule has 0 unspecified atom stereocenters. The van der Waals surface area contributed by atoms with E-state index in [0.717, 1.165) is 5.69 Å². The molecule has 0 saturated heterocycles. The molecule has 0 saturated carbocycles. The number of para-hydroxylation sites is 1. The smallest absolute Gasteiger partial charge is 0.295 e. The van der Waals surface area contributed by atoms with E-state index in [1.54, 1.807) is 18.7 Å². The number of hydrogen-bond donors (Lipinski definition) is 1. The maximum absolute atomic E-state index is 12.7. The Hall–Kier alpha value is -2.21. The van der Waals surface area contributed by atoms with Crippen molar-refractivity contribution in [2.45, 2.75) is 20.3 Å². The maximum Gasteiger partial charge on any atom is 0.295 e. The van der Waals surface area contributed by atoms with Crippen molar-refractivity contribution in [3.63, 3.8) is 0 Å². The van der Waals surface area contributed by atoms with E-state index in [0.29, 0.717) is 29.5 Å². The minimum Gasteiger partial charge on any atom is -0.436 e. The average molecular weight is 303 g/mol. The van der Waals surface area contributed by atoms with Gasteiger partial charge in [0, 0.05) is 25.6 Å². The molecule has 21 heavy (non-hydrogen) atoms. The number of nitrogens with two attached hydrogens (primary N) is 1. The number of hydrogen-bond acceptors (Lipinski definition) is 4. The summed E-state index contributed by atoms with van der Waals surface area (Å²) < 4.78 is 5.42. The van der Waals surface area contributed by atoms with E-state index in [2.05, 4.69) is 4.98 Å². The van der Waals surface area contributed by atoms with E-state index in [1.165, 1.54) is 0 Å². The number of aromatic nitrogens is 1. The SMILES string of the molecule is Cc1nc(C)c(C(=O)N(CCC(N)=S)c2ccccc2)o1. The summed E-state index contributed by atoms with van der Waals surface area (Å²) in [6, 6.07) is 9.35. The van der Waals surface area contributed by atoms with Crippen LogP contribution in [0.5, 0.6) is 0 Å². The van der Waals surface area contributed by atoms with Crippen molar-refractivity contribution in [1.29, 1.82) is 0 Å². The van der Waals surface area contributed by atoms with E-state index in [1.807, 2.05) is 30.3 Å². The van der Waals surface area contributed by atoms with Gasteiger partial charge in [0.25, 0.3) is 5.91 Å². The summed E-state index contributed by atoms with van der Waals surface area (Å²) in [6.45, 7) is 3.86. The summed E-state index contributed by atoms with van der Waals surface area (Å²) in [5.74, 6) is 0.480. The van der Waals surface area contributed by atoms with Crippen molar-refractivity contribution in [2.24, 2.45) is 5.73 Å². The van der Waals surface area contributed by atoms with Gasteiger partial charge in [0.15, 0.2) is 5.89 Å². The van der Waals surface area contributed by atoms with Gasteiger partial charge in [0.2, 0.25) is 5.76 Å². The molecule has 2 N–H and O–H groups in total. The molecule has 0 aliphatic carbocycles. The van der Waals surface area contributed by atoms with Crippen LogP contribution >= 0.6 is 12.2 Å². The highest BCUT2D eigenvalue weighted by molar-refractivity contribution is 7.80. The fraction of sp³-hybridized carbons (Fsp3) is 0.267. The molecular formula is C15H17N3O2S.